The van der Waals surface area contributed by atoms with Gasteiger partial charge >= 0.3 is 0 Å². The van der Waals surface area contributed by atoms with Gasteiger partial charge in [0.05, 0.1) is 0 Å². The summed E-state index contributed by atoms with van der Waals surface area (Å²) in [6, 6.07) is 4.28. The van der Waals surface area contributed by atoms with Crippen molar-refractivity contribution in [3.63, 3.8) is 0 Å². The van der Waals surface area contributed by atoms with Crippen LogP contribution in [0.5, 0.6) is 0 Å². The molecule has 0 aromatic heterocycles. The van der Waals surface area contributed by atoms with E-state index in [2.05, 4.69) is 50.2 Å². The molecule has 0 bridgehead atoms. The maximum Gasteiger partial charge on any atom is -0.0215 e. The standard InChI is InChI=1S/C11H14P2/c1-3-4-5-9-6-10(12)7-11(13)8(9)2/h3-7H,1,12-13H2,2H3/b5-4-. The molecule has 0 saturated heterocycles. The number of allylic oxidation sites excluding steroid dienone is 2. The van der Waals surface area contributed by atoms with E-state index in [1.165, 1.54) is 21.7 Å². The van der Waals surface area contributed by atoms with Crippen LogP contribution in [-0.2, 0) is 0 Å². The summed E-state index contributed by atoms with van der Waals surface area (Å²) in [7, 11) is 5.46. The highest BCUT2D eigenvalue weighted by molar-refractivity contribution is 7.29. The first-order valence-corrected chi connectivity index (χ1v) is 5.25. The van der Waals surface area contributed by atoms with Crippen molar-refractivity contribution < 1.29 is 0 Å². The fraction of sp³-hybridized carbons (Fsp3) is 0.0909. The first-order valence-electron chi connectivity index (χ1n) is 4.10. The molecule has 2 heteroatoms. The maximum absolute atomic E-state index is 3.65. The average Bonchev–Trinajstić information content (AvgIpc) is 2.09. The topological polar surface area (TPSA) is 0 Å². The summed E-state index contributed by atoms with van der Waals surface area (Å²) >= 11 is 0. The van der Waals surface area contributed by atoms with E-state index in [0.29, 0.717) is 0 Å². The van der Waals surface area contributed by atoms with Crippen molar-refractivity contribution in [2.24, 2.45) is 0 Å². The maximum atomic E-state index is 3.65. The molecule has 0 aliphatic heterocycles. The molecule has 0 aliphatic carbocycles. The highest BCUT2D eigenvalue weighted by Crippen LogP contribution is 2.10. The second kappa shape index (κ2) is 4.70. The Kier molecular flexibility index (Phi) is 3.85. The second-order valence-electron chi connectivity index (χ2n) is 2.92. The van der Waals surface area contributed by atoms with Crippen LogP contribution in [-0.4, -0.2) is 0 Å². The van der Waals surface area contributed by atoms with E-state index in [0.717, 1.165) is 0 Å². The molecule has 0 spiro atoms. The fourth-order valence-corrected chi connectivity index (χ4v) is 2.04. The zero-order chi connectivity index (χ0) is 9.84. The predicted octanol–water partition coefficient (Wildman–Crippen LogP) is 2.20. The molecule has 13 heavy (non-hydrogen) atoms. The Morgan fingerprint density at radius 3 is 2.62 bits per heavy atom. The van der Waals surface area contributed by atoms with E-state index in [-0.39, 0.29) is 0 Å². The summed E-state index contributed by atoms with van der Waals surface area (Å²) in [6.07, 6.45) is 5.82. The predicted molar refractivity (Wildman–Crippen MR) is 69.1 cm³/mol. The lowest BCUT2D eigenvalue weighted by Crippen LogP contribution is -2.06. The third-order valence-corrected chi connectivity index (χ3v) is 2.86. The molecule has 0 amide bonds. The molecule has 0 aliphatic rings. The van der Waals surface area contributed by atoms with Crippen molar-refractivity contribution in [3.8, 4) is 0 Å². The molecule has 0 heterocycles. The van der Waals surface area contributed by atoms with Crippen LogP contribution in [0.3, 0.4) is 0 Å². The average molecular weight is 208 g/mol. The SMILES string of the molecule is C=C/C=C\c1cc(P)cc(P)c1C. The molecule has 0 fully saturated rings. The zero-order valence-corrected chi connectivity index (χ0v) is 10.1. The normalized spacial score (nSPS) is 10.7. The van der Waals surface area contributed by atoms with E-state index in [1.807, 2.05) is 6.08 Å². The summed E-state index contributed by atoms with van der Waals surface area (Å²) < 4.78 is 0. The Bertz CT molecular complexity index is 351. The number of benzene rings is 1. The van der Waals surface area contributed by atoms with E-state index >= 15 is 0 Å². The summed E-state index contributed by atoms with van der Waals surface area (Å²) in [5, 5.41) is 2.45. The van der Waals surface area contributed by atoms with Gasteiger partial charge in [-0.1, -0.05) is 24.8 Å². The Morgan fingerprint density at radius 1 is 1.31 bits per heavy atom. The Balaban J connectivity index is 3.19. The smallest absolute Gasteiger partial charge is 0.0215 e. The molecule has 2 atom stereocenters. The Morgan fingerprint density at radius 2 is 2.00 bits per heavy atom. The van der Waals surface area contributed by atoms with Crippen molar-refractivity contribution in [2.45, 2.75) is 6.92 Å². The van der Waals surface area contributed by atoms with Gasteiger partial charge < -0.3 is 0 Å². The highest BCUT2D eigenvalue weighted by atomic mass is 31.0. The van der Waals surface area contributed by atoms with Gasteiger partial charge in [-0.2, -0.15) is 0 Å². The van der Waals surface area contributed by atoms with E-state index in [9.17, 15) is 0 Å². The lowest BCUT2D eigenvalue weighted by molar-refractivity contribution is 1.50. The van der Waals surface area contributed by atoms with Gasteiger partial charge in [0.25, 0.3) is 0 Å². The lowest BCUT2D eigenvalue weighted by atomic mass is 10.1. The van der Waals surface area contributed by atoms with Gasteiger partial charge in [0.2, 0.25) is 0 Å². The van der Waals surface area contributed by atoms with Crippen LogP contribution in [0, 0.1) is 6.92 Å². The first kappa shape index (κ1) is 10.6. The van der Waals surface area contributed by atoms with Crippen molar-refractivity contribution in [1.29, 1.82) is 0 Å². The van der Waals surface area contributed by atoms with E-state index in [1.54, 1.807) is 6.08 Å². The third-order valence-electron chi connectivity index (χ3n) is 1.92. The minimum absolute atomic E-state index is 1.21. The molecule has 0 radical (unpaired) electrons. The highest BCUT2D eigenvalue weighted by Gasteiger charge is 1.98. The quantitative estimate of drug-likeness (QED) is 0.516. The lowest BCUT2D eigenvalue weighted by Gasteiger charge is -2.05. The number of hydrogen-bond acceptors (Lipinski definition) is 0. The Hall–Kier alpha value is -0.440. The van der Waals surface area contributed by atoms with E-state index in [4.69, 9.17) is 0 Å². The van der Waals surface area contributed by atoms with Crippen LogP contribution in [0.2, 0.25) is 0 Å². The van der Waals surface area contributed by atoms with Crippen molar-refractivity contribution in [1.82, 2.24) is 0 Å². The van der Waals surface area contributed by atoms with Gasteiger partial charge in [-0.05, 0) is 40.8 Å². The second-order valence-corrected chi connectivity index (χ2v) is 4.21. The molecular weight excluding hydrogens is 194 g/mol. The largest absolute Gasteiger partial charge is 0.106 e. The molecule has 1 rings (SSSR count). The minimum Gasteiger partial charge on any atom is -0.106 e. The molecular formula is C11H14P2. The van der Waals surface area contributed by atoms with Gasteiger partial charge in [-0.25, -0.2) is 0 Å². The first-order chi connectivity index (χ1) is 6.15. The molecule has 0 N–H and O–H groups in total. The van der Waals surface area contributed by atoms with Crippen molar-refractivity contribution in [2.75, 3.05) is 0 Å². The monoisotopic (exact) mass is 208 g/mol. The summed E-state index contributed by atoms with van der Waals surface area (Å²) in [6.45, 7) is 5.77. The summed E-state index contributed by atoms with van der Waals surface area (Å²) in [4.78, 5) is 0. The van der Waals surface area contributed by atoms with Gasteiger partial charge in [0.1, 0.15) is 0 Å². The number of rotatable bonds is 2. The summed E-state index contributed by atoms with van der Waals surface area (Å²) in [5.74, 6) is 0. The van der Waals surface area contributed by atoms with Crippen molar-refractivity contribution >= 4 is 35.2 Å². The fourth-order valence-electron chi connectivity index (χ4n) is 1.13. The van der Waals surface area contributed by atoms with Crippen LogP contribution in [0.15, 0.2) is 30.9 Å². The minimum atomic E-state index is 1.21. The van der Waals surface area contributed by atoms with Crippen LogP contribution < -0.4 is 10.6 Å². The Labute approximate surface area is 84.5 Å². The van der Waals surface area contributed by atoms with Gasteiger partial charge in [-0.15, -0.1) is 18.5 Å². The number of hydrogen-bond donors (Lipinski definition) is 0. The molecule has 0 saturated carbocycles. The van der Waals surface area contributed by atoms with Gasteiger partial charge in [0.15, 0.2) is 0 Å². The third kappa shape index (κ3) is 2.76. The van der Waals surface area contributed by atoms with E-state index < -0.39 is 0 Å². The van der Waals surface area contributed by atoms with Gasteiger partial charge in [0, 0.05) is 0 Å². The molecule has 1 aromatic rings. The molecule has 2 unspecified atom stereocenters. The van der Waals surface area contributed by atoms with Crippen molar-refractivity contribution in [3.05, 3.63) is 42.0 Å². The molecule has 68 valence electrons. The molecule has 1 aromatic carbocycles. The van der Waals surface area contributed by atoms with Crippen LogP contribution >= 0.6 is 18.5 Å². The summed E-state index contributed by atoms with van der Waals surface area (Å²) in [5.41, 5.74) is 2.55. The van der Waals surface area contributed by atoms with Crippen LogP contribution in [0.1, 0.15) is 11.1 Å². The van der Waals surface area contributed by atoms with Gasteiger partial charge in [-0.3, -0.25) is 0 Å². The zero-order valence-electron chi connectivity index (χ0n) is 7.75. The molecule has 0 nitrogen and oxygen atoms in total. The van der Waals surface area contributed by atoms with Crippen LogP contribution in [0.25, 0.3) is 6.08 Å². The van der Waals surface area contributed by atoms with Crippen LogP contribution in [0.4, 0.5) is 0 Å².